The number of nitrogens with one attached hydrogen (secondary N) is 2. The zero-order valence-corrected chi connectivity index (χ0v) is 12.8. The maximum absolute atomic E-state index is 13.7. The summed E-state index contributed by atoms with van der Waals surface area (Å²) >= 11 is 0. The van der Waals surface area contributed by atoms with Crippen molar-refractivity contribution < 1.29 is 9.18 Å². The monoisotopic (exact) mass is 315 g/mol. The number of benzene rings is 1. The lowest BCUT2D eigenvalue weighted by Gasteiger charge is -2.33. The summed E-state index contributed by atoms with van der Waals surface area (Å²) in [6.45, 7) is 4.12. The van der Waals surface area contributed by atoms with Crippen molar-refractivity contribution in [3.05, 3.63) is 35.3 Å². The van der Waals surface area contributed by atoms with Crippen LogP contribution in [0.4, 0.5) is 4.39 Å². The lowest BCUT2D eigenvalue weighted by atomic mass is 9.76. The second-order valence-electron chi connectivity index (χ2n) is 6.45. The van der Waals surface area contributed by atoms with Crippen molar-refractivity contribution in [2.24, 2.45) is 5.73 Å². The Bertz CT molecular complexity index is 919. The van der Waals surface area contributed by atoms with Gasteiger partial charge in [-0.1, -0.05) is 6.92 Å². The Balaban J connectivity index is 2.00. The van der Waals surface area contributed by atoms with Gasteiger partial charge in [-0.2, -0.15) is 0 Å². The molecule has 1 amide bonds. The largest absolute Gasteiger partial charge is 0.366 e. The molecule has 0 aliphatic carbocycles. The van der Waals surface area contributed by atoms with Gasteiger partial charge in [-0.05, 0) is 32.0 Å². The Kier molecular flexibility index (Phi) is 2.96. The van der Waals surface area contributed by atoms with Gasteiger partial charge in [0.15, 0.2) is 5.65 Å². The highest BCUT2D eigenvalue weighted by Crippen LogP contribution is 2.36. The van der Waals surface area contributed by atoms with E-state index in [0.29, 0.717) is 11.0 Å². The number of rotatable bonds is 2. The number of carbonyl (C=O) groups excluding carboxylic acids is 1. The van der Waals surface area contributed by atoms with Crippen LogP contribution in [0.2, 0.25) is 0 Å². The molecule has 4 N–H and O–H groups in total. The van der Waals surface area contributed by atoms with Gasteiger partial charge in [0.05, 0.1) is 11.1 Å². The third kappa shape index (κ3) is 2.03. The quantitative estimate of drug-likeness (QED) is 0.672. The third-order valence-electron chi connectivity index (χ3n) is 4.92. The van der Waals surface area contributed by atoms with E-state index in [1.165, 1.54) is 6.07 Å². The number of aromatic amines is 1. The van der Waals surface area contributed by atoms with Gasteiger partial charge in [-0.15, -0.1) is 0 Å². The number of hydrogen-bond donors (Lipinski definition) is 3. The minimum Gasteiger partial charge on any atom is -0.366 e. The van der Waals surface area contributed by atoms with E-state index in [1.54, 1.807) is 4.52 Å². The summed E-state index contributed by atoms with van der Waals surface area (Å²) in [5, 5.41) is 6.51. The molecule has 0 bridgehead atoms. The average Bonchev–Trinajstić information content (AvgIpc) is 3.05. The first-order valence-corrected chi connectivity index (χ1v) is 7.70. The molecule has 0 unspecified atom stereocenters. The third-order valence-corrected chi connectivity index (χ3v) is 4.92. The Morgan fingerprint density at radius 1 is 1.39 bits per heavy atom. The maximum atomic E-state index is 13.7. The number of halogens is 1. The second kappa shape index (κ2) is 4.79. The molecule has 2 aromatic heterocycles. The van der Waals surface area contributed by atoms with E-state index in [-0.39, 0.29) is 11.0 Å². The van der Waals surface area contributed by atoms with Crippen LogP contribution in [0.3, 0.4) is 0 Å². The van der Waals surface area contributed by atoms with Crippen LogP contribution in [0, 0.1) is 5.82 Å². The summed E-state index contributed by atoms with van der Waals surface area (Å²) in [6.07, 6.45) is 3.93. The van der Waals surface area contributed by atoms with Crippen molar-refractivity contribution in [1.82, 2.24) is 19.9 Å². The molecule has 1 aliphatic rings. The van der Waals surface area contributed by atoms with Gasteiger partial charge in [0.2, 0.25) is 0 Å². The Hall–Kier alpha value is -2.41. The first kappa shape index (κ1) is 14.2. The first-order chi connectivity index (χ1) is 11.0. The molecule has 3 aromatic rings. The van der Waals surface area contributed by atoms with Crippen LogP contribution in [-0.2, 0) is 5.41 Å². The number of imidazole rings is 1. The van der Waals surface area contributed by atoms with E-state index in [2.05, 4.69) is 22.3 Å². The van der Waals surface area contributed by atoms with E-state index in [9.17, 15) is 9.18 Å². The van der Waals surface area contributed by atoms with Crippen LogP contribution in [0.25, 0.3) is 16.7 Å². The predicted octanol–water partition coefficient (Wildman–Crippen LogP) is 1.69. The van der Waals surface area contributed by atoms with Crippen LogP contribution in [0.1, 0.15) is 35.7 Å². The zero-order valence-electron chi connectivity index (χ0n) is 12.8. The molecule has 120 valence electrons. The number of nitrogens with two attached hydrogens (primary N) is 1. The molecule has 4 rings (SSSR count). The molecule has 1 saturated heterocycles. The molecule has 7 heteroatoms. The summed E-state index contributed by atoms with van der Waals surface area (Å²) < 4.78 is 15.5. The van der Waals surface area contributed by atoms with E-state index in [0.717, 1.165) is 43.2 Å². The SMILES string of the molecule is CC1(c2c[nH]n3c2nc2cc(F)cc(C(N)=O)c23)CCNCC1. The molecule has 0 atom stereocenters. The summed E-state index contributed by atoms with van der Waals surface area (Å²) in [4.78, 5) is 16.2. The molecular weight excluding hydrogens is 297 g/mol. The minimum absolute atomic E-state index is 0.000687. The van der Waals surface area contributed by atoms with Gasteiger partial charge in [0, 0.05) is 23.2 Å². The summed E-state index contributed by atoms with van der Waals surface area (Å²) in [7, 11) is 0. The fourth-order valence-electron chi connectivity index (χ4n) is 3.55. The van der Waals surface area contributed by atoms with Gasteiger partial charge in [0.1, 0.15) is 11.3 Å². The molecule has 0 spiro atoms. The van der Waals surface area contributed by atoms with E-state index in [4.69, 9.17) is 5.73 Å². The van der Waals surface area contributed by atoms with Crippen molar-refractivity contribution in [2.75, 3.05) is 13.1 Å². The maximum Gasteiger partial charge on any atom is 0.251 e. The first-order valence-electron chi connectivity index (χ1n) is 7.70. The molecule has 6 nitrogen and oxygen atoms in total. The highest BCUT2D eigenvalue weighted by Gasteiger charge is 2.33. The number of H-pyrrole nitrogens is 1. The highest BCUT2D eigenvalue weighted by atomic mass is 19.1. The normalized spacial score (nSPS) is 17.8. The lowest BCUT2D eigenvalue weighted by molar-refractivity contribution is 0.100. The number of aromatic nitrogens is 3. The van der Waals surface area contributed by atoms with Crippen LogP contribution >= 0.6 is 0 Å². The van der Waals surface area contributed by atoms with Gasteiger partial charge in [-0.25, -0.2) is 13.9 Å². The second-order valence-corrected chi connectivity index (χ2v) is 6.45. The molecule has 0 saturated carbocycles. The summed E-state index contributed by atoms with van der Waals surface area (Å²) in [6, 6.07) is 2.49. The molecule has 1 aromatic carbocycles. The van der Waals surface area contributed by atoms with Crippen molar-refractivity contribution in [3.8, 4) is 0 Å². The number of primary amides is 1. The molecule has 1 fully saturated rings. The Labute approximate surface area is 131 Å². The highest BCUT2D eigenvalue weighted by molar-refractivity contribution is 6.05. The number of carbonyl (C=O) groups is 1. The standard InChI is InChI=1S/C16H18FN5O/c1-16(2-4-19-5-3-16)11-8-20-22-13-10(14(18)23)6-9(17)7-12(13)21-15(11)22/h6-8,19-20H,2-5H2,1H3,(H2,18,23). The van der Waals surface area contributed by atoms with Crippen LogP contribution in [0.5, 0.6) is 0 Å². The van der Waals surface area contributed by atoms with Crippen molar-refractivity contribution >= 4 is 22.6 Å². The summed E-state index contributed by atoms with van der Waals surface area (Å²) in [5.74, 6) is -1.18. The minimum atomic E-state index is -0.666. The number of amides is 1. The molecule has 23 heavy (non-hydrogen) atoms. The number of piperidine rings is 1. The average molecular weight is 315 g/mol. The van der Waals surface area contributed by atoms with Crippen LogP contribution < -0.4 is 11.1 Å². The van der Waals surface area contributed by atoms with Crippen LogP contribution in [-0.4, -0.2) is 33.6 Å². The molecule has 1 aliphatic heterocycles. The van der Waals surface area contributed by atoms with Gasteiger partial charge in [0.25, 0.3) is 5.91 Å². The molecule has 3 heterocycles. The van der Waals surface area contributed by atoms with E-state index < -0.39 is 11.7 Å². The number of fused-ring (bicyclic) bond motifs is 3. The number of hydrogen-bond acceptors (Lipinski definition) is 3. The Morgan fingerprint density at radius 2 is 2.13 bits per heavy atom. The van der Waals surface area contributed by atoms with Crippen molar-refractivity contribution in [3.63, 3.8) is 0 Å². The van der Waals surface area contributed by atoms with E-state index in [1.807, 2.05) is 6.20 Å². The van der Waals surface area contributed by atoms with Gasteiger partial charge >= 0.3 is 0 Å². The predicted molar refractivity (Wildman–Crippen MR) is 85.0 cm³/mol. The van der Waals surface area contributed by atoms with Gasteiger partial charge in [-0.3, -0.25) is 9.89 Å². The fraction of sp³-hybridized carbons (Fsp3) is 0.375. The topological polar surface area (TPSA) is 88.2 Å². The lowest BCUT2D eigenvalue weighted by Crippen LogP contribution is -2.37. The van der Waals surface area contributed by atoms with E-state index >= 15 is 0 Å². The zero-order chi connectivity index (χ0) is 16.2. The molecule has 0 radical (unpaired) electrons. The van der Waals surface area contributed by atoms with Crippen molar-refractivity contribution in [1.29, 1.82) is 0 Å². The smallest absolute Gasteiger partial charge is 0.251 e. The molecular formula is C16H18FN5O. The summed E-state index contributed by atoms with van der Waals surface area (Å²) in [5.41, 5.74) is 8.32. The fourth-order valence-corrected chi connectivity index (χ4v) is 3.55. The van der Waals surface area contributed by atoms with Crippen LogP contribution in [0.15, 0.2) is 18.3 Å². The van der Waals surface area contributed by atoms with Gasteiger partial charge < -0.3 is 11.1 Å². The number of nitrogens with zero attached hydrogens (tertiary/aromatic N) is 2. The Morgan fingerprint density at radius 3 is 2.83 bits per heavy atom. The van der Waals surface area contributed by atoms with Crippen molar-refractivity contribution in [2.45, 2.75) is 25.2 Å².